The Hall–Kier alpha value is -7.56. The van der Waals surface area contributed by atoms with E-state index in [4.69, 9.17) is 9.97 Å². The molecule has 0 saturated heterocycles. The smallest absolute Gasteiger partial charge is 0.235 e. The van der Waals surface area contributed by atoms with Crippen molar-refractivity contribution in [3.05, 3.63) is 194 Å². The fourth-order valence-corrected chi connectivity index (χ4v) is 9.01. The van der Waals surface area contributed by atoms with E-state index in [9.17, 15) is 0 Å². The highest BCUT2D eigenvalue weighted by molar-refractivity contribution is 6.27. The van der Waals surface area contributed by atoms with Gasteiger partial charge >= 0.3 is 0 Å². The van der Waals surface area contributed by atoms with Crippen molar-refractivity contribution in [2.45, 2.75) is 0 Å². The van der Waals surface area contributed by atoms with Gasteiger partial charge in [-0.25, -0.2) is 9.97 Å². The van der Waals surface area contributed by atoms with Crippen molar-refractivity contribution in [1.29, 1.82) is 0 Å². The van der Waals surface area contributed by atoms with Crippen LogP contribution in [0.3, 0.4) is 0 Å². The van der Waals surface area contributed by atoms with Gasteiger partial charge in [0.2, 0.25) is 5.95 Å². The van der Waals surface area contributed by atoms with Gasteiger partial charge in [0.25, 0.3) is 0 Å². The first-order valence-corrected chi connectivity index (χ1v) is 19.1. The summed E-state index contributed by atoms with van der Waals surface area (Å²) in [5.41, 5.74) is 12.1. The van der Waals surface area contributed by atoms with Gasteiger partial charge in [-0.3, -0.25) is 4.57 Å². The summed E-state index contributed by atoms with van der Waals surface area (Å²) < 4.78 is 4.69. The zero-order valence-corrected chi connectivity index (χ0v) is 30.3. The number of hydrogen-bond acceptors (Lipinski definition) is 2. The summed E-state index contributed by atoms with van der Waals surface area (Å²) in [7, 11) is 0. The normalized spacial score (nSPS) is 11.9. The second-order valence-corrected chi connectivity index (χ2v) is 14.6. The Bertz CT molecular complexity index is 3400. The number of benzene rings is 9. The summed E-state index contributed by atoms with van der Waals surface area (Å²) in [6.45, 7) is 0. The molecular weight excluding hydrogens is 681 g/mol. The fourth-order valence-electron chi connectivity index (χ4n) is 9.01. The Kier molecular flexibility index (Phi) is 6.60. The predicted molar refractivity (Wildman–Crippen MR) is 233 cm³/mol. The summed E-state index contributed by atoms with van der Waals surface area (Å²) >= 11 is 0. The van der Waals surface area contributed by atoms with Crippen LogP contribution in [-0.2, 0) is 0 Å². The molecule has 0 amide bonds. The third-order valence-corrected chi connectivity index (χ3v) is 11.5. The van der Waals surface area contributed by atoms with Crippen LogP contribution in [0.15, 0.2) is 194 Å². The molecule has 260 valence electrons. The van der Waals surface area contributed by atoms with E-state index >= 15 is 0 Å². The average molecular weight is 713 g/mol. The Morgan fingerprint density at radius 3 is 1.73 bits per heavy atom. The average Bonchev–Trinajstić information content (AvgIpc) is 3.79. The van der Waals surface area contributed by atoms with Crippen LogP contribution in [0.2, 0.25) is 0 Å². The van der Waals surface area contributed by atoms with Gasteiger partial charge in [-0.2, -0.15) is 0 Å². The molecule has 12 aromatic rings. The van der Waals surface area contributed by atoms with E-state index in [2.05, 4.69) is 191 Å². The Labute approximate surface area is 322 Å². The molecule has 0 bridgehead atoms. The summed E-state index contributed by atoms with van der Waals surface area (Å²) in [5.74, 6) is 0.650. The molecule has 0 spiro atoms. The largest absolute Gasteiger partial charge is 0.309 e. The number of fused-ring (bicyclic) bond motifs is 4. The van der Waals surface area contributed by atoms with Gasteiger partial charge in [-0.1, -0.05) is 152 Å². The molecule has 0 unspecified atom stereocenters. The quantitative estimate of drug-likeness (QED) is 0.167. The molecule has 0 aliphatic heterocycles. The summed E-state index contributed by atoms with van der Waals surface area (Å²) in [5, 5.41) is 9.91. The van der Waals surface area contributed by atoms with Crippen LogP contribution in [0.25, 0.3) is 110 Å². The van der Waals surface area contributed by atoms with E-state index in [0.717, 1.165) is 33.5 Å². The topological polar surface area (TPSA) is 35.6 Å². The first-order chi connectivity index (χ1) is 27.8. The van der Waals surface area contributed by atoms with Crippen molar-refractivity contribution >= 4 is 65.2 Å². The molecule has 0 atom stereocenters. The zero-order valence-electron chi connectivity index (χ0n) is 30.3. The lowest BCUT2D eigenvalue weighted by atomic mass is 9.94. The molecule has 56 heavy (non-hydrogen) atoms. The molecule has 0 radical (unpaired) electrons. The van der Waals surface area contributed by atoms with Crippen molar-refractivity contribution in [2.75, 3.05) is 0 Å². The molecule has 4 heteroatoms. The van der Waals surface area contributed by atoms with Gasteiger partial charge in [-0.15, -0.1) is 0 Å². The minimum Gasteiger partial charge on any atom is -0.309 e. The predicted octanol–water partition coefficient (Wildman–Crippen LogP) is 13.4. The summed E-state index contributed by atoms with van der Waals surface area (Å²) in [4.78, 5) is 10.5. The molecule has 0 aliphatic rings. The van der Waals surface area contributed by atoms with Gasteiger partial charge in [0.05, 0.1) is 39.1 Å². The maximum absolute atomic E-state index is 5.24. The molecule has 0 N–H and O–H groups in total. The van der Waals surface area contributed by atoms with E-state index in [1.807, 2.05) is 12.1 Å². The molecule has 4 nitrogen and oxygen atoms in total. The van der Waals surface area contributed by atoms with Crippen molar-refractivity contribution in [3.8, 4) is 45.3 Å². The highest BCUT2D eigenvalue weighted by Gasteiger charge is 2.22. The fraction of sp³-hybridized carbons (Fsp3) is 0. The Morgan fingerprint density at radius 2 is 0.929 bits per heavy atom. The third kappa shape index (κ3) is 4.53. The van der Waals surface area contributed by atoms with E-state index in [0.29, 0.717) is 5.95 Å². The first kappa shape index (κ1) is 30.9. The number of nitrogens with zero attached hydrogens (tertiary/aromatic N) is 4. The van der Waals surface area contributed by atoms with Crippen LogP contribution in [0.4, 0.5) is 0 Å². The molecular formula is C52H32N4. The van der Waals surface area contributed by atoms with Crippen LogP contribution >= 0.6 is 0 Å². The van der Waals surface area contributed by atoms with Crippen LogP contribution in [-0.4, -0.2) is 19.1 Å². The molecule has 12 rings (SSSR count). The molecule has 3 aromatic heterocycles. The lowest BCUT2D eigenvalue weighted by Crippen LogP contribution is -2.04. The van der Waals surface area contributed by atoms with E-state index in [-0.39, 0.29) is 0 Å². The van der Waals surface area contributed by atoms with Crippen molar-refractivity contribution < 1.29 is 0 Å². The number of rotatable bonds is 5. The van der Waals surface area contributed by atoms with Gasteiger partial charge in [0.1, 0.15) is 0 Å². The highest BCUT2D eigenvalue weighted by Crippen LogP contribution is 2.44. The number of hydrogen-bond donors (Lipinski definition) is 0. The van der Waals surface area contributed by atoms with E-state index in [1.54, 1.807) is 0 Å². The SMILES string of the molecule is c1ccc(-c2cc(-c3ccccc3)nc(-n3c4ccccc4c4cc(-c5ccc6c7c5ccc5cccc(c57)n6-c5cccc6ccccc56)ccc43)n2)cc1. The van der Waals surface area contributed by atoms with Gasteiger partial charge in [0, 0.05) is 38.1 Å². The van der Waals surface area contributed by atoms with Crippen LogP contribution in [0.5, 0.6) is 0 Å². The maximum atomic E-state index is 5.24. The molecule has 3 heterocycles. The van der Waals surface area contributed by atoms with Crippen molar-refractivity contribution in [3.63, 3.8) is 0 Å². The highest BCUT2D eigenvalue weighted by atomic mass is 15.2. The second kappa shape index (κ2) is 12.0. The Morgan fingerprint density at radius 1 is 0.321 bits per heavy atom. The van der Waals surface area contributed by atoms with Crippen LogP contribution in [0, 0.1) is 0 Å². The standard InChI is InChI=1S/C52H32N4/c1-3-14-34(15-4-1)43-32-44(35-16-5-2-6-17-35)54-52(53-43)56-46-22-10-9-21-40(46)42-31-37(26-29-47(42)56)38-28-30-49-51-41(38)27-25-36-19-12-24-48(50(36)51)55(49)45-23-11-18-33-13-7-8-20-39(33)45/h1-32H. The van der Waals surface area contributed by atoms with E-state index in [1.165, 1.54) is 70.9 Å². The summed E-state index contributed by atoms with van der Waals surface area (Å²) in [6.07, 6.45) is 0. The maximum Gasteiger partial charge on any atom is 0.235 e. The molecule has 0 saturated carbocycles. The van der Waals surface area contributed by atoms with Gasteiger partial charge in [0.15, 0.2) is 0 Å². The monoisotopic (exact) mass is 712 g/mol. The Balaban J connectivity index is 1.09. The van der Waals surface area contributed by atoms with Crippen molar-refractivity contribution in [2.24, 2.45) is 0 Å². The minimum atomic E-state index is 0.650. The van der Waals surface area contributed by atoms with E-state index < -0.39 is 0 Å². The van der Waals surface area contributed by atoms with Crippen LogP contribution < -0.4 is 0 Å². The lowest BCUT2D eigenvalue weighted by Gasteiger charge is -2.13. The zero-order chi connectivity index (χ0) is 36.7. The number of aromatic nitrogens is 4. The summed E-state index contributed by atoms with van der Waals surface area (Å²) in [6, 6.07) is 69.6. The number of para-hydroxylation sites is 1. The lowest BCUT2D eigenvalue weighted by molar-refractivity contribution is 0.995. The van der Waals surface area contributed by atoms with Gasteiger partial charge in [-0.05, 0) is 69.8 Å². The van der Waals surface area contributed by atoms with Crippen molar-refractivity contribution in [1.82, 2.24) is 19.1 Å². The first-order valence-electron chi connectivity index (χ1n) is 19.1. The molecule has 9 aromatic carbocycles. The third-order valence-electron chi connectivity index (χ3n) is 11.5. The second-order valence-electron chi connectivity index (χ2n) is 14.6. The molecule has 0 aliphatic carbocycles. The molecule has 0 fully saturated rings. The van der Waals surface area contributed by atoms with Gasteiger partial charge < -0.3 is 4.57 Å². The van der Waals surface area contributed by atoms with Crippen LogP contribution in [0.1, 0.15) is 0 Å². The minimum absolute atomic E-state index is 0.650.